The van der Waals surface area contributed by atoms with Gasteiger partial charge < -0.3 is 5.11 Å². The summed E-state index contributed by atoms with van der Waals surface area (Å²) in [6.07, 6.45) is 0. The number of hydrogen-bond acceptors (Lipinski definition) is 1. The monoisotopic (exact) mass is 236 g/mol. The number of aliphatic carboxylic acids is 1. The smallest absolute Gasteiger partial charge is 0.379 e. The third-order valence-corrected chi connectivity index (χ3v) is 2.24. The van der Waals surface area contributed by atoms with E-state index >= 15 is 0 Å². The van der Waals surface area contributed by atoms with Crippen LogP contribution in [0.15, 0.2) is 24.3 Å². The number of hydrogen-bond donors (Lipinski definition) is 1. The molecule has 1 N–H and O–H groups in total. The highest BCUT2D eigenvalue weighted by atomic mass is 19.3. The van der Waals surface area contributed by atoms with Gasteiger partial charge in [0.1, 0.15) is 5.82 Å². The summed E-state index contributed by atoms with van der Waals surface area (Å²) in [4.78, 5) is 10.2. The molecule has 1 atom stereocenters. The van der Waals surface area contributed by atoms with Crippen molar-refractivity contribution in [2.45, 2.75) is 18.5 Å². The lowest BCUT2D eigenvalue weighted by atomic mass is 9.90. The van der Waals surface area contributed by atoms with Crippen molar-refractivity contribution in [1.29, 1.82) is 0 Å². The lowest BCUT2D eigenvalue weighted by Gasteiger charge is -2.27. The number of carboxylic acids is 1. The van der Waals surface area contributed by atoms with Crippen molar-refractivity contribution in [2.24, 2.45) is 0 Å². The predicted molar refractivity (Wildman–Crippen MR) is 47.4 cm³/mol. The van der Waals surface area contributed by atoms with E-state index in [0.29, 0.717) is 6.92 Å². The zero-order valence-electron chi connectivity index (χ0n) is 8.18. The van der Waals surface area contributed by atoms with E-state index in [0.717, 1.165) is 18.2 Å². The van der Waals surface area contributed by atoms with Crippen LogP contribution in [0.2, 0.25) is 0 Å². The van der Waals surface area contributed by atoms with E-state index in [1.807, 2.05) is 0 Å². The topological polar surface area (TPSA) is 37.3 Å². The first-order chi connectivity index (χ1) is 7.21. The third kappa shape index (κ3) is 1.75. The average molecular weight is 236 g/mol. The van der Waals surface area contributed by atoms with Crippen molar-refractivity contribution in [3.63, 3.8) is 0 Å². The highest BCUT2D eigenvalue weighted by Crippen LogP contribution is 2.42. The van der Waals surface area contributed by atoms with Crippen LogP contribution in [-0.2, 0) is 10.5 Å². The fourth-order valence-electron chi connectivity index (χ4n) is 1.21. The molecule has 1 unspecified atom stereocenters. The molecule has 16 heavy (non-hydrogen) atoms. The molecule has 0 spiro atoms. The normalized spacial score (nSPS) is 15.6. The highest BCUT2D eigenvalue weighted by molar-refractivity contribution is 5.77. The van der Waals surface area contributed by atoms with Gasteiger partial charge in [0.25, 0.3) is 0 Å². The largest absolute Gasteiger partial charge is 0.477 e. The molecule has 0 fully saturated rings. The highest BCUT2D eigenvalue weighted by Gasteiger charge is 2.59. The molecule has 0 radical (unpaired) electrons. The van der Waals surface area contributed by atoms with E-state index in [4.69, 9.17) is 5.11 Å². The summed E-state index contributed by atoms with van der Waals surface area (Å²) in [5.41, 5.74) is -4.59. The Balaban J connectivity index is 3.32. The number of rotatable bonds is 3. The van der Waals surface area contributed by atoms with Crippen molar-refractivity contribution in [1.82, 2.24) is 0 Å². The Morgan fingerprint density at radius 1 is 1.25 bits per heavy atom. The summed E-state index contributed by atoms with van der Waals surface area (Å²) >= 11 is 0. The molecule has 2 nitrogen and oxygen atoms in total. The Kier molecular flexibility index (Phi) is 2.94. The number of alkyl halides is 3. The summed E-state index contributed by atoms with van der Waals surface area (Å²) in [6.45, 7) is 0.333. The minimum atomic E-state index is -4.70. The molecule has 0 aliphatic rings. The van der Waals surface area contributed by atoms with Crippen LogP contribution in [0, 0.1) is 5.82 Å². The first-order valence-corrected chi connectivity index (χ1v) is 4.26. The van der Waals surface area contributed by atoms with E-state index in [9.17, 15) is 22.4 Å². The minimum absolute atomic E-state index is 0.333. The van der Waals surface area contributed by atoms with Crippen molar-refractivity contribution in [3.05, 3.63) is 35.6 Å². The second kappa shape index (κ2) is 3.77. The molecule has 0 aliphatic carbocycles. The summed E-state index contributed by atoms with van der Waals surface area (Å²) in [5.74, 6) is -8.55. The molecule has 0 bridgehead atoms. The van der Waals surface area contributed by atoms with Gasteiger partial charge in [0.15, 0.2) is 0 Å². The molecular weight excluding hydrogens is 228 g/mol. The molecular formula is C10H8F4O2. The Morgan fingerprint density at radius 3 is 2.19 bits per heavy atom. The zero-order valence-corrected chi connectivity index (χ0v) is 8.18. The van der Waals surface area contributed by atoms with Crippen molar-refractivity contribution < 1.29 is 27.5 Å². The van der Waals surface area contributed by atoms with E-state index < -0.39 is 28.9 Å². The number of benzene rings is 1. The van der Waals surface area contributed by atoms with Gasteiger partial charge >= 0.3 is 11.9 Å². The molecule has 0 saturated heterocycles. The van der Waals surface area contributed by atoms with Gasteiger partial charge in [0.05, 0.1) is 0 Å². The standard InChI is InChI=1S/C10H8F4O2/c1-9(12,10(13,14)8(15)16)6-4-2-3-5-7(6)11/h2-5H,1H3,(H,15,16). The van der Waals surface area contributed by atoms with Crippen LogP contribution in [-0.4, -0.2) is 17.0 Å². The molecule has 1 aromatic rings. The van der Waals surface area contributed by atoms with Gasteiger partial charge in [-0.15, -0.1) is 0 Å². The molecule has 1 aromatic carbocycles. The molecule has 88 valence electrons. The number of halogens is 4. The van der Waals surface area contributed by atoms with Gasteiger partial charge in [-0.1, -0.05) is 18.2 Å². The second-order valence-electron chi connectivity index (χ2n) is 3.36. The van der Waals surface area contributed by atoms with Crippen LogP contribution in [0.25, 0.3) is 0 Å². The fourth-order valence-corrected chi connectivity index (χ4v) is 1.21. The van der Waals surface area contributed by atoms with Crippen molar-refractivity contribution in [2.75, 3.05) is 0 Å². The quantitative estimate of drug-likeness (QED) is 0.819. The SMILES string of the molecule is CC(F)(c1ccccc1F)C(F)(F)C(=O)O. The Morgan fingerprint density at radius 2 is 1.75 bits per heavy atom. The second-order valence-corrected chi connectivity index (χ2v) is 3.36. The third-order valence-electron chi connectivity index (χ3n) is 2.24. The predicted octanol–water partition coefficient (Wildman–Crippen LogP) is 2.73. The van der Waals surface area contributed by atoms with Crippen LogP contribution >= 0.6 is 0 Å². The lowest BCUT2D eigenvalue weighted by molar-refractivity contribution is -0.191. The summed E-state index contributed by atoms with van der Waals surface area (Å²) in [7, 11) is 0. The maximum Gasteiger partial charge on any atom is 0.379 e. The average Bonchev–Trinajstić information content (AvgIpc) is 2.17. The van der Waals surface area contributed by atoms with E-state index in [1.54, 1.807) is 0 Å². The van der Waals surface area contributed by atoms with Crippen LogP contribution in [0.5, 0.6) is 0 Å². The number of carbonyl (C=O) groups is 1. The van der Waals surface area contributed by atoms with Crippen LogP contribution in [0.4, 0.5) is 17.6 Å². The van der Waals surface area contributed by atoms with Crippen LogP contribution in [0.1, 0.15) is 12.5 Å². The van der Waals surface area contributed by atoms with Crippen LogP contribution in [0.3, 0.4) is 0 Å². The first-order valence-electron chi connectivity index (χ1n) is 4.26. The lowest BCUT2D eigenvalue weighted by Crippen LogP contribution is -2.46. The molecule has 0 amide bonds. The fraction of sp³-hybridized carbons (Fsp3) is 0.300. The molecule has 6 heteroatoms. The van der Waals surface area contributed by atoms with Gasteiger partial charge in [-0.25, -0.2) is 13.6 Å². The first kappa shape index (κ1) is 12.5. The maximum atomic E-state index is 13.7. The number of carboxylic acid groups (broad SMARTS) is 1. The Labute approximate surface area is 88.5 Å². The summed E-state index contributed by atoms with van der Waals surface area (Å²) in [5, 5.41) is 8.22. The van der Waals surface area contributed by atoms with Gasteiger partial charge in [-0.2, -0.15) is 8.78 Å². The van der Waals surface area contributed by atoms with Gasteiger partial charge in [-0.3, -0.25) is 0 Å². The molecule has 0 saturated carbocycles. The van der Waals surface area contributed by atoms with E-state index in [-0.39, 0.29) is 0 Å². The minimum Gasteiger partial charge on any atom is -0.477 e. The van der Waals surface area contributed by atoms with Gasteiger partial charge in [0, 0.05) is 5.56 Å². The zero-order chi connectivity index (χ0) is 12.6. The molecule has 0 aliphatic heterocycles. The van der Waals surface area contributed by atoms with Crippen molar-refractivity contribution in [3.8, 4) is 0 Å². The molecule has 1 rings (SSSR count). The van der Waals surface area contributed by atoms with Crippen molar-refractivity contribution >= 4 is 5.97 Å². The van der Waals surface area contributed by atoms with Crippen LogP contribution < -0.4 is 0 Å². The van der Waals surface area contributed by atoms with E-state index in [1.165, 1.54) is 6.07 Å². The molecule has 0 heterocycles. The molecule has 0 aromatic heterocycles. The Hall–Kier alpha value is -1.59. The Bertz CT molecular complexity index is 415. The van der Waals surface area contributed by atoms with Gasteiger partial charge in [0.2, 0.25) is 5.67 Å². The maximum absolute atomic E-state index is 13.7. The summed E-state index contributed by atoms with van der Waals surface area (Å²) < 4.78 is 53.0. The summed E-state index contributed by atoms with van der Waals surface area (Å²) in [6, 6.07) is 3.90. The van der Waals surface area contributed by atoms with Gasteiger partial charge in [-0.05, 0) is 13.0 Å². The van der Waals surface area contributed by atoms with E-state index in [2.05, 4.69) is 0 Å².